The lowest BCUT2D eigenvalue weighted by molar-refractivity contribution is -0.115. The molecule has 0 radical (unpaired) electrons. The third-order valence-electron chi connectivity index (χ3n) is 1.70. The van der Waals surface area contributed by atoms with Gasteiger partial charge in [0.1, 0.15) is 0 Å². The van der Waals surface area contributed by atoms with E-state index in [9.17, 15) is 4.79 Å². The number of hydrogen-bond donors (Lipinski definition) is 3. The van der Waals surface area contributed by atoms with Crippen LogP contribution >= 0.6 is 11.6 Å². The molecule has 0 unspecified atom stereocenters. The van der Waals surface area contributed by atoms with E-state index < -0.39 is 0 Å². The van der Waals surface area contributed by atoms with Gasteiger partial charge in [0.15, 0.2) is 0 Å². The Labute approximate surface area is 93.2 Å². The Hall–Kier alpha value is -1.10. The first-order valence-electron chi connectivity index (χ1n) is 4.59. The van der Waals surface area contributed by atoms with Gasteiger partial charge in [-0.3, -0.25) is 4.79 Å². The summed E-state index contributed by atoms with van der Waals surface area (Å²) in [4.78, 5) is 11.3. The van der Waals surface area contributed by atoms with E-state index in [0.29, 0.717) is 17.3 Å². The van der Waals surface area contributed by atoms with E-state index in [4.69, 9.17) is 16.7 Å². The van der Waals surface area contributed by atoms with Crippen molar-refractivity contribution in [2.24, 2.45) is 0 Å². The van der Waals surface area contributed by atoms with Crippen molar-refractivity contribution in [3.63, 3.8) is 0 Å². The summed E-state index contributed by atoms with van der Waals surface area (Å²) in [5.41, 5.74) is 0.704. The van der Waals surface area contributed by atoms with E-state index in [0.717, 1.165) is 0 Å². The zero-order chi connectivity index (χ0) is 11.1. The first kappa shape index (κ1) is 12.0. The largest absolute Gasteiger partial charge is 0.395 e. The molecule has 0 fully saturated rings. The van der Waals surface area contributed by atoms with Crippen LogP contribution in [0.5, 0.6) is 0 Å². The van der Waals surface area contributed by atoms with Crippen molar-refractivity contribution in [3.8, 4) is 0 Å². The zero-order valence-electron chi connectivity index (χ0n) is 8.16. The van der Waals surface area contributed by atoms with E-state index in [1.54, 1.807) is 24.3 Å². The highest BCUT2D eigenvalue weighted by molar-refractivity contribution is 6.30. The van der Waals surface area contributed by atoms with Gasteiger partial charge in [0.05, 0.1) is 13.2 Å². The maximum absolute atomic E-state index is 11.3. The summed E-state index contributed by atoms with van der Waals surface area (Å²) in [6.07, 6.45) is 0. The predicted octanol–water partition coefficient (Wildman–Crippen LogP) is 0.860. The number of halogens is 1. The fraction of sp³-hybridized carbons (Fsp3) is 0.300. The molecule has 0 aliphatic rings. The third kappa shape index (κ3) is 4.78. The number of amides is 1. The van der Waals surface area contributed by atoms with Crippen molar-refractivity contribution in [1.82, 2.24) is 5.32 Å². The number of rotatable bonds is 5. The highest BCUT2D eigenvalue weighted by Gasteiger charge is 2.00. The Morgan fingerprint density at radius 1 is 1.33 bits per heavy atom. The number of nitrogens with one attached hydrogen (secondary N) is 2. The van der Waals surface area contributed by atoms with E-state index in [1.807, 2.05) is 0 Å². The summed E-state index contributed by atoms with van der Waals surface area (Å²) in [5.74, 6) is -0.147. The Kier molecular flexibility index (Phi) is 5.10. The quantitative estimate of drug-likeness (QED) is 0.655. The monoisotopic (exact) mass is 228 g/mol. The van der Waals surface area contributed by atoms with Crippen molar-refractivity contribution in [2.45, 2.75) is 0 Å². The van der Waals surface area contributed by atoms with Crippen LogP contribution in [0.15, 0.2) is 24.3 Å². The molecule has 0 aromatic heterocycles. The van der Waals surface area contributed by atoms with Crippen molar-refractivity contribution in [1.29, 1.82) is 0 Å². The Morgan fingerprint density at radius 2 is 2.00 bits per heavy atom. The van der Waals surface area contributed by atoms with Gasteiger partial charge in [0, 0.05) is 17.3 Å². The van der Waals surface area contributed by atoms with Crippen molar-refractivity contribution in [2.75, 3.05) is 25.0 Å². The van der Waals surface area contributed by atoms with E-state index in [2.05, 4.69) is 10.6 Å². The fourth-order valence-corrected chi connectivity index (χ4v) is 1.15. The summed E-state index contributed by atoms with van der Waals surface area (Å²) in [7, 11) is 0. The molecule has 0 spiro atoms. The van der Waals surface area contributed by atoms with Gasteiger partial charge < -0.3 is 15.7 Å². The summed E-state index contributed by atoms with van der Waals surface area (Å²) in [6, 6.07) is 6.87. The molecule has 15 heavy (non-hydrogen) atoms. The molecule has 0 aliphatic heterocycles. The van der Waals surface area contributed by atoms with Gasteiger partial charge in [-0.15, -0.1) is 0 Å². The second-order valence-electron chi connectivity index (χ2n) is 2.96. The molecule has 1 amide bonds. The van der Waals surface area contributed by atoms with Crippen LogP contribution in [-0.2, 0) is 4.79 Å². The lowest BCUT2D eigenvalue weighted by atomic mass is 10.3. The van der Waals surface area contributed by atoms with Crippen molar-refractivity contribution in [3.05, 3.63) is 29.3 Å². The van der Waals surface area contributed by atoms with Gasteiger partial charge in [0.2, 0.25) is 5.91 Å². The molecule has 0 saturated carbocycles. The van der Waals surface area contributed by atoms with Gasteiger partial charge in [0.25, 0.3) is 0 Å². The number of carbonyl (C=O) groups excluding carboxylic acids is 1. The topological polar surface area (TPSA) is 61.4 Å². The smallest absolute Gasteiger partial charge is 0.238 e. The molecule has 1 rings (SSSR count). The third-order valence-corrected chi connectivity index (χ3v) is 1.95. The van der Waals surface area contributed by atoms with E-state index in [1.165, 1.54) is 0 Å². The summed E-state index contributed by atoms with van der Waals surface area (Å²) >= 11 is 5.70. The van der Waals surface area contributed by atoms with E-state index in [-0.39, 0.29) is 19.1 Å². The van der Waals surface area contributed by atoms with Crippen LogP contribution in [0.4, 0.5) is 5.69 Å². The van der Waals surface area contributed by atoms with Crippen LogP contribution in [0.1, 0.15) is 0 Å². The Balaban J connectivity index is 2.34. The van der Waals surface area contributed by atoms with Crippen LogP contribution < -0.4 is 10.6 Å². The maximum atomic E-state index is 11.3. The summed E-state index contributed by atoms with van der Waals surface area (Å²) in [6.45, 7) is 0.617. The van der Waals surface area contributed by atoms with Gasteiger partial charge in [-0.2, -0.15) is 0 Å². The van der Waals surface area contributed by atoms with Crippen molar-refractivity contribution >= 4 is 23.2 Å². The van der Waals surface area contributed by atoms with Gasteiger partial charge in [-0.05, 0) is 24.3 Å². The van der Waals surface area contributed by atoms with Crippen molar-refractivity contribution < 1.29 is 9.90 Å². The molecule has 0 atom stereocenters. The lowest BCUT2D eigenvalue weighted by Gasteiger charge is -2.05. The zero-order valence-corrected chi connectivity index (χ0v) is 8.92. The average molecular weight is 229 g/mol. The van der Waals surface area contributed by atoms with Crippen LogP contribution in [0, 0.1) is 0 Å². The lowest BCUT2D eigenvalue weighted by Crippen LogP contribution is -2.29. The second kappa shape index (κ2) is 6.40. The molecule has 0 aliphatic carbocycles. The highest BCUT2D eigenvalue weighted by atomic mass is 35.5. The minimum Gasteiger partial charge on any atom is -0.395 e. The molecule has 0 saturated heterocycles. The molecule has 5 heteroatoms. The predicted molar refractivity (Wildman–Crippen MR) is 60.0 cm³/mol. The molecule has 0 bridgehead atoms. The number of anilines is 1. The first-order valence-corrected chi connectivity index (χ1v) is 4.97. The number of carbonyl (C=O) groups is 1. The molecule has 1 aromatic carbocycles. The molecule has 1 aromatic rings. The van der Waals surface area contributed by atoms with Crippen LogP contribution in [0.3, 0.4) is 0 Å². The normalized spacial score (nSPS) is 10.0. The number of hydrogen-bond acceptors (Lipinski definition) is 3. The minimum atomic E-state index is -0.147. The molecular weight excluding hydrogens is 216 g/mol. The molecule has 3 N–H and O–H groups in total. The van der Waals surface area contributed by atoms with E-state index >= 15 is 0 Å². The molecular formula is C10H13ClN2O2. The van der Waals surface area contributed by atoms with Gasteiger partial charge in [-0.1, -0.05) is 11.6 Å². The summed E-state index contributed by atoms with van der Waals surface area (Å²) < 4.78 is 0. The van der Waals surface area contributed by atoms with Crippen LogP contribution in [0.2, 0.25) is 5.02 Å². The molecule has 0 heterocycles. The fourth-order valence-electron chi connectivity index (χ4n) is 1.02. The first-order chi connectivity index (χ1) is 7.22. The second-order valence-corrected chi connectivity index (χ2v) is 3.39. The highest BCUT2D eigenvalue weighted by Crippen LogP contribution is 2.12. The minimum absolute atomic E-state index is 0.0220. The van der Waals surface area contributed by atoms with Crippen LogP contribution in [-0.4, -0.2) is 30.7 Å². The number of aliphatic hydroxyl groups is 1. The van der Waals surface area contributed by atoms with Gasteiger partial charge in [-0.25, -0.2) is 0 Å². The maximum Gasteiger partial charge on any atom is 0.238 e. The molecule has 82 valence electrons. The molecule has 4 nitrogen and oxygen atoms in total. The number of aliphatic hydroxyl groups excluding tert-OH is 1. The summed E-state index contributed by atoms with van der Waals surface area (Å²) in [5, 5.41) is 14.6. The Morgan fingerprint density at radius 3 is 2.60 bits per heavy atom. The Bertz CT molecular complexity index is 314. The standard InChI is InChI=1S/C10H13ClN2O2/c11-8-1-3-9(4-2-8)13-10(15)7-12-5-6-14/h1-4,12,14H,5-7H2,(H,13,15). The SMILES string of the molecule is O=C(CNCCO)Nc1ccc(Cl)cc1. The van der Waals surface area contributed by atoms with Crippen LogP contribution in [0.25, 0.3) is 0 Å². The average Bonchev–Trinajstić information content (AvgIpc) is 2.22. The number of benzene rings is 1. The van der Waals surface area contributed by atoms with Gasteiger partial charge >= 0.3 is 0 Å².